The van der Waals surface area contributed by atoms with E-state index in [4.69, 9.17) is 4.52 Å². The Morgan fingerprint density at radius 3 is 2.38 bits per heavy atom. The van der Waals surface area contributed by atoms with Crippen LogP contribution in [0, 0.1) is 12.7 Å². The summed E-state index contributed by atoms with van der Waals surface area (Å²) in [7, 11) is -3.67. The van der Waals surface area contributed by atoms with Gasteiger partial charge < -0.3 is 14.7 Å². The highest BCUT2D eigenvalue weighted by atomic mass is 32.2. The molecule has 1 aromatic heterocycles. The average molecular weight is 485 g/mol. The van der Waals surface area contributed by atoms with Gasteiger partial charge >= 0.3 is 0 Å². The maximum Gasteiger partial charge on any atom is 0.243 e. The van der Waals surface area contributed by atoms with Crippen LogP contribution in [-0.4, -0.2) is 50.0 Å². The lowest BCUT2D eigenvalue weighted by molar-refractivity contribution is -0.114. The Kier molecular flexibility index (Phi) is 6.80. The molecule has 1 aliphatic heterocycles. The summed E-state index contributed by atoms with van der Waals surface area (Å²) >= 11 is 0. The van der Waals surface area contributed by atoms with Crippen molar-refractivity contribution in [3.63, 3.8) is 0 Å². The molecule has 4 rings (SSSR count). The number of aryl methyl sites for hydroxylation is 1. The van der Waals surface area contributed by atoms with Gasteiger partial charge in [0, 0.05) is 33.1 Å². The number of anilines is 2. The van der Waals surface area contributed by atoms with Gasteiger partial charge in [-0.15, -0.1) is 0 Å². The van der Waals surface area contributed by atoms with Gasteiger partial charge in [0.25, 0.3) is 0 Å². The molecule has 0 aliphatic carbocycles. The Morgan fingerprint density at radius 2 is 1.74 bits per heavy atom. The fourth-order valence-corrected chi connectivity index (χ4v) is 5.20. The third-order valence-electron chi connectivity index (χ3n) is 5.57. The molecule has 8 nitrogen and oxygen atoms in total. The van der Waals surface area contributed by atoms with Crippen LogP contribution < -0.4 is 10.2 Å². The van der Waals surface area contributed by atoms with Gasteiger partial charge in [0.1, 0.15) is 17.2 Å². The summed E-state index contributed by atoms with van der Waals surface area (Å²) in [6, 6.07) is 13.0. The third kappa shape index (κ3) is 5.02. The van der Waals surface area contributed by atoms with Gasteiger partial charge in [-0.2, -0.15) is 4.31 Å². The lowest BCUT2D eigenvalue weighted by Gasteiger charge is -2.35. The van der Waals surface area contributed by atoms with E-state index in [1.165, 1.54) is 17.3 Å². The molecular formula is C24H25FN4O4S. The molecule has 1 saturated heterocycles. The minimum atomic E-state index is -3.67. The number of piperazine rings is 1. The van der Waals surface area contributed by atoms with Gasteiger partial charge in [-0.05, 0) is 42.8 Å². The van der Waals surface area contributed by atoms with Crippen molar-refractivity contribution in [2.45, 2.75) is 18.7 Å². The van der Waals surface area contributed by atoms with E-state index < -0.39 is 10.0 Å². The van der Waals surface area contributed by atoms with E-state index in [1.807, 2.05) is 4.90 Å². The first-order valence-corrected chi connectivity index (χ1v) is 12.2. The number of nitrogens with zero attached hydrogens (tertiary/aromatic N) is 3. The largest absolute Gasteiger partial charge is 0.367 e. The first kappa shape index (κ1) is 23.7. The third-order valence-corrected chi connectivity index (χ3v) is 7.48. The Hall–Kier alpha value is -3.50. The smallest absolute Gasteiger partial charge is 0.243 e. The van der Waals surface area contributed by atoms with E-state index in [9.17, 15) is 17.6 Å². The number of carbonyl (C=O) groups excluding carboxylic acids is 1. The standard InChI is InChI=1S/C24H25FN4O4S/c1-17-24(26-18(2)30)23(33-27-17)12-9-19-7-10-20(11-8-19)34(31,32)29-15-13-28(14-16-29)22-6-4-3-5-21(22)25/h3-12H,13-16H2,1-2H3,(H,26,30). The molecule has 3 aromatic rings. The highest BCUT2D eigenvalue weighted by molar-refractivity contribution is 7.89. The average Bonchev–Trinajstić information content (AvgIpc) is 3.17. The highest BCUT2D eigenvalue weighted by Crippen LogP contribution is 2.25. The zero-order valence-electron chi connectivity index (χ0n) is 18.9. The Morgan fingerprint density at radius 1 is 1.06 bits per heavy atom. The van der Waals surface area contributed by atoms with Crippen LogP contribution in [0.3, 0.4) is 0 Å². The van der Waals surface area contributed by atoms with E-state index in [1.54, 1.807) is 61.5 Å². The molecule has 1 N–H and O–H groups in total. The number of sulfonamides is 1. The van der Waals surface area contributed by atoms with Crippen molar-refractivity contribution >= 4 is 39.5 Å². The SMILES string of the molecule is CC(=O)Nc1c(C)noc1C=Cc1ccc(S(=O)(=O)N2CCN(c3ccccc3F)CC2)cc1. The van der Waals surface area contributed by atoms with Gasteiger partial charge in [-0.3, -0.25) is 4.79 Å². The van der Waals surface area contributed by atoms with Crippen LogP contribution in [0.4, 0.5) is 15.8 Å². The number of amides is 1. The van der Waals surface area contributed by atoms with Crippen LogP contribution in [0.25, 0.3) is 12.2 Å². The van der Waals surface area contributed by atoms with Gasteiger partial charge in [0.15, 0.2) is 5.76 Å². The fraction of sp³-hybridized carbons (Fsp3) is 0.250. The molecule has 0 saturated carbocycles. The summed E-state index contributed by atoms with van der Waals surface area (Å²) in [6.45, 7) is 4.49. The minimum absolute atomic E-state index is 0.193. The maximum absolute atomic E-state index is 14.1. The van der Waals surface area contributed by atoms with E-state index in [0.717, 1.165) is 5.56 Å². The summed E-state index contributed by atoms with van der Waals surface area (Å²) in [5.41, 5.74) is 2.30. The molecule has 34 heavy (non-hydrogen) atoms. The number of para-hydroxylation sites is 1. The van der Waals surface area contributed by atoms with Gasteiger partial charge in [0.05, 0.1) is 10.6 Å². The van der Waals surface area contributed by atoms with Gasteiger partial charge in [-0.1, -0.05) is 35.5 Å². The summed E-state index contributed by atoms with van der Waals surface area (Å²) in [4.78, 5) is 13.4. The molecule has 0 atom stereocenters. The molecule has 2 heterocycles. The molecule has 0 spiro atoms. The zero-order chi connectivity index (χ0) is 24.3. The van der Waals surface area contributed by atoms with Crippen molar-refractivity contribution in [1.29, 1.82) is 0 Å². The molecule has 0 radical (unpaired) electrons. The molecule has 10 heteroatoms. The lowest BCUT2D eigenvalue weighted by Crippen LogP contribution is -2.48. The number of halogens is 1. The number of carbonyl (C=O) groups is 1. The van der Waals surface area contributed by atoms with Crippen molar-refractivity contribution in [3.8, 4) is 0 Å². The molecular weight excluding hydrogens is 459 g/mol. The van der Waals surface area contributed by atoms with Crippen LogP contribution in [0.5, 0.6) is 0 Å². The normalized spacial score (nSPS) is 15.1. The summed E-state index contributed by atoms with van der Waals surface area (Å²) in [5.74, 6) is -0.144. The topological polar surface area (TPSA) is 95.8 Å². The van der Waals surface area contributed by atoms with Crippen LogP contribution >= 0.6 is 0 Å². The Balaban J connectivity index is 1.43. The van der Waals surface area contributed by atoms with E-state index in [0.29, 0.717) is 35.9 Å². The summed E-state index contributed by atoms with van der Waals surface area (Å²) in [6.07, 6.45) is 3.41. The maximum atomic E-state index is 14.1. The highest BCUT2D eigenvalue weighted by Gasteiger charge is 2.29. The number of rotatable bonds is 6. The van der Waals surface area contributed by atoms with Crippen molar-refractivity contribution in [2.75, 3.05) is 36.4 Å². The monoisotopic (exact) mass is 484 g/mol. The molecule has 0 unspecified atom stereocenters. The molecule has 178 valence electrons. The fourth-order valence-electron chi connectivity index (χ4n) is 3.78. The van der Waals surface area contributed by atoms with E-state index in [2.05, 4.69) is 10.5 Å². The quantitative estimate of drug-likeness (QED) is 0.572. The van der Waals surface area contributed by atoms with Crippen LogP contribution in [-0.2, 0) is 14.8 Å². The number of hydrogen-bond acceptors (Lipinski definition) is 6. The van der Waals surface area contributed by atoms with Crippen LogP contribution in [0.15, 0.2) is 57.9 Å². The molecule has 1 aliphatic rings. The first-order valence-electron chi connectivity index (χ1n) is 10.8. The summed E-state index contributed by atoms with van der Waals surface area (Å²) < 4.78 is 46.9. The van der Waals surface area contributed by atoms with Crippen molar-refractivity contribution in [1.82, 2.24) is 9.46 Å². The zero-order valence-corrected chi connectivity index (χ0v) is 19.7. The Bertz CT molecular complexity index is 1310. The van der Waals surface area contributed by atoms with Crippen molar-refractivity contribution < 1.29 is 22.1 Å². The number of hydrogen-bond donors (Lipinski definition) is 1. The van der Waals surface area contributed by atoms with Crippen LogP contribution in [0.2, 0.25) is 0 Å². The number of nitrogens with one attached hydrogen (secondary N) is 1. The van der Waals surface area contributed by atoms with Gasteiger partial charge in [0.2, 0.25) is 15.9 Å². The number of aromatic nitrogens is 1. The minimum Gasteiger partial charge on any atom is -0.367 e. The molecule has 1 fully saturated rings. The van der Waals surface area contributed by atoms with Crippen molar-refractivity contribution in [3.05, 3.63) is 71.4 Å². The predicted octanol–water partition coefficient (Wildman–Crippen LogP) is 3.76. The Labute approximate surface area is 197 Å². The molecule has 0 bridgehead atoms. The van der Waals surface area contributed by atoms with Crippen molar-refractivity contribution in [2.24, 2.45) is 0 Å². The summed E-state index contributed by atoms with van der Waals surface area (Å²) in [5, 5.41) is 6.54. The first-order chi connectivity index (χ1) is 16.3. The second-order valence-electron chi connectivity index (χ2n) is 7.93. The van der Waals surface area contributed by atoms with Gasteiger partial charge in [-0.25, -0.2) is 12.8 Å². The molecule has 2 aromatic carbocycles. The van der Waals surface area contributed by atoms with E-state index >= 15 is 0 Å². The second-order valence-corrected chi connectivity index (χ2v) is 9.87. The lowest BCUT2D eigenvalue weighted by atomic mass is 10.2. The predicted molar refractivity (Wildman–Crippen MR) is 128 cm³/mol. The van der Waals surface area contributed by atoms with Crippen LogP contribution in [0.1, 0.15) is 23.9 Å². The second kappa shape index (κ2) is 9.78. The number of benzene rings is 2. The van der Waals surface area contributed by atoms with E-state index in [-0.39, 0.29) is 29.7 Å². The molecule has 1 amide bonds.